The molecule has 1 unspecified atom stereocenters. The van der Waals surface area contributed by atoms with Crippen molar-refractivity contribution in [3.05, 3.63) is 53.3 Å². The fraction of sp³-hybridized carbons (Fsp3) is 0.333. The molecule has 1 amide bonds. The molecule has 2 aromatic carbocycles. The van der Waals surface area contributed by atoms with Crippen molar-refractivity contribution in [2.75, 3.05) is 26.3 Å². The molecule has 0 bridgehead atoms. The van der Waals surface area contributed by atoms with Crippen LogP contribution in [0.1, 0.15) is 27.6 Å². The number of alkyl halides is 2. The lowest BCUT2D eigenvalue weighted by atomic mass is 10.1. The van der Waals surface area contributed by atoms with Crippen molar-refractivity contribution in [1.29, 1.82) is 0 Å². The molecule has 2 aromatic rings. The van der Waals surface area contributed by atoms with E-state index in [9.17, 15) is 22.8 Å². The molecule has 0 N–H and O–H groups in total. The zero-order valence-corrected chi connectivity index (χ0v) is 16.4. The molecule has 7 nitrogen and oxygen atoms in total. The van der Waals surface area contributed by atoms with E-state index >= 15 is 0 Å². The van der Waals surface area contributed by atoms with Gasteiger partial charge in [-0.05, 0) is 37.3 Å². The second kappa shape index (κ2) is 8.10. The standard InChI is InChI=1S/C21H18F3NO6/c1-12(26)16-9-13(22)5-6-17(16)29-11-14-10-25(7-8-28-14)20(27)15-3-2-4-18-19(15)31-21(23,24)30-18/h2-6,9,14H,7-8,10-11H2,1H3. The third kappa shape index (κ3) is 4.43. The Labute approximate surface area is 175 Å². The number of nitrogens with zero attached hydrogens (tertiary/aromatic N) is 1. The minimum atomic E-state index is -3.83. The average molecular weight is 437 g/mol. The van der Waals surface area contributed by atoms with Crippen molar-refractivity contribution < 1.29 is 41.7 Å². The SMILES string of the molecule is CC(=O)c1cc(F)ccc1OCC1CN(C(=O)c2cccc3c2OC(F)(F)O3)CCO1. The molecule has 2 heterocycles. The Balaban J connectivity index is 1.44. The highest BCUT2D eigenvalue weighted by atomic mass is 19.3. The number of carbonyl (C=O) groups excluding carboxylic acids is 2. The second-order valence-corrected chi connectivity index (χ2v) is 7.05. The van der Waals surface area contributed by atoms with Gasteiger partial charge in [-0.2, -0.15) is 0 Å². The third-order valence-electron chi connectivity index (χ3n) is 4.83. The number of morpholine rings is 1. The van der Waals surface area contributed by atoms with Gasteiger partial charge in [0.05, 0.1) is 24.3 Å². The van der Waals surface area contributed by atoms with Crippen molar-refractivity contribution in [3.63, 3.8) is 0 Å². The topological polar surface area (TPSA) is 74.3 Å². The number of Topliss-reactive ketones (excluding diaryl/α,β-unsaturated/α-hetero) is 1. The van der Waals surface area contributed by atoms with Crippen LogP contribution in [0.25, 0.3) is 0 Å². The maximum absolute atomic E-state index is 13.4. The summed E-state index contributed by atoms with van der Waals surface area (Å²) in [6, 6.07) is 7.71. The smallest absolute Gasteiger partial charge is 0.490 e. The lowest BCUT2D eigenvalue weighted by Gasteiger charge is -2.33. The Morgan fingerprint density at radius 2 is 2.00 bits per heavy atom. The monoisotopic (exact) mass is 437 g/mol. The molecule has 1 fully saturated rings. The molecular formula is C21H18F3NO6. The molecule has 164 valence electrons. The Morgan fingerprint density at radius 3 is 2.77 bits per heavy atom. The van der Waals surface area contributed by atoms with Crippen LogP contribution in [0.15, 0.2) is 36.4 Å². The largest absolute Gasteiger partial charge is 0.586 e. The first kappa shape index (κ1) is 21.0. The number of hydrogen-bond acceptors (Lipinski definition) is 6. The van der Waals surface area contributed by atoms with Gasteiger partial charge in [0.2, 0.25) is 0 Å². The Morgan fingerprint density at radius 1 is 1.19 bits per heavy atom. The summed E-state index contributed by atoms with van der Waals surface area (Å²) in [5, 5.41) is 0. The molecule has 1 atom stereocenters. The Hall–Kier alpha value is -3.27. The summed E-state index contributed by atoms with van der Waals surface area (Å²) < 4.78 is 60.4. The van der Waals surface area contributed by atoms with E-state index in [-0.39, 0.29) is 60.5 Å². The van der Waals surface area contributed by atoms with Crippen LogP contribution >= 0.6 is 0 Å². The van der Waals surface area contributed by atoms with Crippen molar-refractivity contribution in [2.45, 2.75) is 19.3 Å². The van der Waals surface area contributed by atoms with Crippen LogP contribution in [-0.2, 0) is 4.74 Å². The van der Waals surface area contributed by atoms with Gasteiger partial charge in [-0.15, -0.1) is 8.78 Å². The normalized spacial score (nSPS) is 19.2. The minimum Gasteiger partial charge on any atom is -0.490 e. The number of hydrogen-bond donors (Lipinski definition) is 0. The highest BCUT2D eigenvalue weighted by Gasteiger charge is 2.45. The minimum absolute atomic E-state index is 0.000269. The Kier molecular flexibility index (Phi) is 5.48. The number of halogens is 3. The number of carbonyl (C=O) groups is 2. The summed E-state index contributed by atoms with van der Waals surface area (Å²) in [5.74, 6) is -1.75. The van der Waals surface area contributed by atoms with Crippen LogP contribution in [-0.4, -0.2) is 55.3 Å². The van der Waals surface area contributed by atoms with Crippen LogP contribution in [0.5, 0.6) is 17.2 Å². The van der Waals surface area contributed by atoms with E-state index in [1.165, 1.54) is 42.2 Å². The quantitative estimate of drug-likeness (QED) is 0.669. The van der Waals surface area contributed by atoms with E-state index in [0.717, 1.165) is 6.07 Å². The fourth-order valence-corrected chi connectivity index (χ4v) is 3.40. The van der Waals surface area contributed by atoms with E-state index in [4.69, 9.17) is 9.47 Å². The lowest BCUT2D eigenvalue weighted by Crippen LogP contribution is -2.47. The van der Waals surface area contributed by atoms with Crippen LogP contribution in [0.4, 0.5) is 13.2 Å². The number of ether oxygens (including phenoxy) is 4. The lowest BCUT2D eigenvalue weighted by molar-refractivity contribution is -0.286. The molecular weight excluding hydrogens is 419 g/mol. The summed E-state index contributed by atoms with van der Waals surface area (Å²) >= 11 is 0. The van der Waals surface area contributed by atoms with Crippen molar-refractivity contribution in [1.82, 2.24) is 4.90 Å². The molecule has 0 spiro atoms. The molecule has 10 heteroatoms. The number of fused-ring (bicyclic) bond motifs is 1. The zero-order valence-electron chi connectivity index (χ0n) is 16.4. The van der Waals surface area contributed by atoms with E-state index < -0.39 is 24.1 Å². The van der Waals surface area contributed by atoms with Crippen LogP contribution < -0.4 is 14.2 Å². The molecule has 0 saturated carbocycles. The molecule has 2 aliphatic rings. The number of rotatable bonds is 5. The number of benzene rings is 2. The van der Waals surface area contributed by atoms with Gasteiger partial charge < -0.3 is 23.8 Å². The van der Waals surface area contributed by atoms with E-state index in [1.54, 1.807) is 0 Å². The van der Waals surface area contributed by atoms with Gasteiger partial charge in [-0.1, -0.05) is 6.07 Å². The van der Waals surface area contributed by atoms with Crippen LogP contribution in [0.2, 0.25) is 0 Å². The molecule has 31 heavy (non-hydrogen) atoms. The van der Waals surface area contributed by atoms with E-state index in [0.29, 0.717) is 0 Å². The van der Waals surface area contributed by atoms with Crippen molar-refractivity contribution >= 4 is 11.7 Å². The van der Waals surface area contributed by atoms with Crippen molar-refractivity contribution in [2.24, 2.45) is 0 Å². The first-order valence-corrected chi connectivity index (χ1v) is 9.46. The number of amides is 1. The van der Waals surface area contributed by atoms with Gasteiger partial charge in [0.25, 0.3) is 5.91 Å². The third-order valence-corrected chi connectivity index (χ3v) is 4.83. The summed E-state index contributed by atoms with van der Waals surface area (Å²) in [6.45, 7) is 1.86. The number of ketones is 1. The predicted molar refractivity (Wildman–Crippen MR) is 100 cm³/mol. The van der Waals surface area contributed by atoms with Gasteiger partial charge in [0, 0.05) is 6.54 Å². The molecule has 2 aliphatic heterocycles. The maximum atomic E-state index is 13.4. The van der Waals surface area contributed by atoms with Gasteiger partial charge in [-0.3, -0.25) is 9.59 Å². The van der Waals surface area contributed by atoms with E-state index in [1.807, 2.05) is 0 Å². The maximum Gasteiger partial charge on any atom is 0.586 e. The Bertz CT molecular complexity index is 1030. The predicted octanol–water partition coefficient (Wildman–Crippen LogP) is 3.27. The fourth-order valence-electron chi connectivity index (χ4n) is 3.40. The van der Waals surface area contributed by atoms with Gasteiger partial charge >= 0.3 is 6.29 Å². The average Bonchev–Trinajstić information content (AvgIpc) is 3.06. The summed E-state index contributed by atoms with van der Waals surface area (Å²) in [7, 11) is 0. The molecule has 0 aliphatic carbocycles. The van der Waals surface area contributed by atoms with Crippen molar-refractivity contribution in [3.8, 4) is 17.2 Å². The van der Waals surface area contributed by atoms with Gasteiger partial charge in [0.15, 0.2) is 17.3 Å². The molecule has 0 radical (unpaired) electrons. The highest BCUT2D eigenvalue weighted by molar-refractivity contribution is 5.98. The molecule has 1 saturated heterocycles. The van der Waals surface area contributed by atoms with Gasteiger partial charge in [-0.25, -0.2) is 4.39 Å². The van der Waals surface area contributed by atoms with Gasteiger partial charge in [0.1, 0.15) is 24.3 Å². The summed E-state index contributed by atoms with van der Waals surface area (Å²) in [5.41, 5.74) is 0.0512. The first-order chi connectivity index (χ1) is 14.7. The highest BCUT2D eigenvalue weighted by Crippen LogP contribution is 2.43. The first-order valence-electron chi connectivity index (χ1n) is 9.46. The van der Waals surface area contributed by atoms with E-state index in [2.05, 4.69) is 9.47 Å². The summed E-state index contributed by atoms with van der Waals surface area (Å²) in [6.07, 6.45) is -4.37. The molecule has 4 rings (SSSR count). The van der Waals surface area contributed by atoms with Crippen LogP contribution in [0.3, 0.4) is 0 Å². The number of para-hydroxylation sites is 1. The van der Waals surface area contributed by atoms with Crippen LogP contribution in [0, 0.1) is 5.82 Å². The molecule has 0 aromatic heterocycles. The second-order valence-electron chi connectivity index (χ2n) is 7.05. The zero-order chi connectivity index (χ0) is 22.2. The summed E-state index contributed by atoms with van der Waals surface area (Å²) in [4.78, 5) is 26.1.